The molecular weight excluding hydrogens is 272 g/mol. The van der Waals surface area contributed by atoms with E-state index in [2.05, 4.69) is 5.32 Å². The number of primary amides is 1. The fourth-order valence-electron chi connectivity index (χ4n) is 1.68. The van der Waals surface area contributed by atoms with E-state index in [1.54, 1.807) is 12.1 Å². The molecule has 0 bridgehead atoms. The fraction of sp³-hybridized carbons (Fsp3) is 0.0667. The smallest absolute Gasteiger partial charge is 0.251 e. The summed E-state index contributed by atoms with van der Waals surface area (Å²) in [5.74, 6) is -0.838. The molecule has 0 radical (unpaired) electrons. The maximum atomic E-state index is 11.8. The zero-order valence-electron chi connectivity index (χ0n) is 10.9. The minimum Gasteiger partial charge on any atom is -0.366 e. The van der Waals surface area contributed by atoms with Crippen LogP contribution in [0.3, 0.4) is 0 Å². The molecule has 0 aliphatic carbocycles. The van der Waals surface area contributed by atoms with Crippen molar-refractivity contribution in [1.29, 1.82) is 0 Å². The number of aryl methyl sites for hydroxylation is 1. The number of rotatable bonds is 4. The SMILES string of the molecule is Cc1cc(C(N)=O)c(NC(=O)/C=C/c2ccccc2)s1. The van der Waals surface area contributed by atoms with Crippen molar-refractivity contribution >= 4 is 34.2 Å². The molecule has 0 saturated carbocycles. The standard InChI is InChI=1S/C15H14N2O2S/c1-10-9-12(14(16)19)15(20-10)17-13(18)8-7-11-5-3-2-4-6-11/h2-9H,1H3,(H2,16,19)(H,17,18)/b8-7+. The number of benzene rings is 1. The van der Waals surface area contributed by atoms with Gasteiger partial charge >= 0.3 is 0 Å². The Morgan fingerprint density at radius 3 is 2.60 bits per heavy atom. The van der Waals surface area contributed by atoms with Crippen molar-refractivity contribution in [2.24, 2.45) is 5.73 Å². The highest BCUT2D eigenvalue weighted by atomic mass is 32.1. The highest BCUT2D eigenvalue weighted by molar-refractivity contribution is 7.16. The van der Waals surface area contributed by atoms with Gasteiger partial charge in [-0.25, -0.2) is 0 Å². The molecule has 0 aliphatic heterocycles. The number of amides is 2. The van der Waals surface area contributed by atoms with E-state index < -0.39 is 5.91 Å². The molecule has 3 N–H and O–H groups in total. The normalized spacial score (nSPS) is 10.7. The third-order valence-corrected chi connectivity index (χ3v) is 3.55. The van der Waals surface area contributed by atoms with E-state index in [1.807, 2.05) is 37.3 Å². The summed E-state index contributed by atoms with van der Waals surface area (Å²) < 4.78 is 0. The molecule has 102 valence electrons. The van der Waals surface area contributed by atoms with Gasteiger partial charge in [-0.1, -0.05) is 30.3 Å². The largest absolute Gasteiger partial charge is 0.366 e. The van der Waals surface area contributed by atoms with Crippen LogP contribution in [-0.4, -0.2) is 11.8 Å². The minimum absolute atomic E-state index is 0.293. The van der Waals surface area contributed by atoms with Crippen LogP contribution in [0.2, 0.25) is 0 Å². The molecule has 2 rings (SSSR count). The first kappa shape index (κ1) is 14.0. The van der Waals surface area contributed by atoms with Gasteiger partial charge in [0.1, 0.15) is 5.00 Å². The molecule has 2 amide bonds. The molecule has 1 aromatic carbocycles. The van der Waals surface area contributed by atoms with Crippen molar-refractivity contribution < 1.29 is 9.59 Å². The van der Waals surface area contributed by atoms with Crippen molar-refractivity contribution in [2.45, 2.75) is 6.92 Å². The lowest BCUT2D eigenvalue weighted by Crippen LogP contribution is -2.14. The van der Waals surface area contributed by atoms with Gasteiger partial charge in [-0.15, -0.1) is 11.3 Å². The number of carbonyl (C=O) groups excluding carboxylic acids is 2. The molecule has 1 aromatic heterocycles. The number of nitrogens with two attached hydrogens (primary N) is 1. The quantitative estimate of drug-likeness (QED) is 0.848. The van der Waals surface area contributed by atoms with Crippen molar-refractivity contribution in [1.82, 2.24) is 0 Å². The monoisotopic (exact) mass is 286 g/mol. The van der Waals surface area contributed by atoms with Crippen LogP contribution in [0, 0.1) is 6.92 Å². The zero-order valence-corrected chi connectivity index (χ0v) is 11.7. The van der Waals surface area contributed by atoms with Crippen LogP contribution in [0.4, 0.5) is 5.00 Å². The van der Waals surface area contributed by atoms with Crippen molar-refractivity contribution in [3.8, 4) is 0 Å². The van der Waals surface area contributed by atoms with Gasteiger partial charge in [0.05, 0.1) is 5.56 Å². The second-order valence-electron chi connectivity index (χ2n) is 4.20. The summed E-state index contributed by atoms with van der Waals surface area (Å²) in [6.45, 7) is 1.85. The van der Waals surface area contributed by atoms with E-state index >= 15 is 0 Å². The summed E-state index contributed by atoms with van der Waals surface area (Å²) in [6.07, 6.45) is 3.13. The van der Waals surface area contributed by atoms with Gasteiger partial charge in [-0.05, 0) is 24.6 Å². The Hall–Kier alpha value is -2.40. The number of carbonyl (C=O) groups is 2. The molecule has 0 unspecified atom stereocenters. The van der Waals surface area contributed by atoms with Crippen LogP contribution in [-0.2, 0) is 4.79 Å². The lowest BCUT2D eigenvalue weighted by molar-refractivity contribution is -0.111. The Labute approximate surface area is 120 Å². The maximum Gasteiger partial charge on any atom is 0.251 e. The average molecular weight is 286 g/mol. The zero-order chi connectivity index (χ0) is 14.5. The number of anilines is 1. The first-order valence-electron chi connectivity index (χ1n) is 6.00. The van der Waals surface area contributed by atoms with Crippen molar-refractivity contribution in [3.63, 3.8) is 0 Å². The fourth-order valence-corrected chi connectivity index (χ4v) is 2.60. The van der Waals surface area contributed by atoms with Crippen molar-refractivity contribution in [3.05, 3.63) is 58.5 Å². The van der Waals surface area contributed by atoms with E-state index in [-0.39, 0.29) is 5.91 Å². The second-order valence-corrected chi connectivity index (χ2v) is 5.45. The van der Waals surface area contributed by atoms with Gasteiger partial charge in [0, 0.05) is 11.0 Å². The Balaban J connectivity index is 2.09. The highest BCUT2D eigenvalue weighted by Crippen LogP contribution is 2.27. The van der Waals surface area contributed by atoms with Gasteiger partial charge in [0.2, 0.25) is 5.91 Å². The van der Waals surface area contributed by atoms with Crippen LogP contribution in [0.5, 0.6) is 0 Å². The second kappa shape index (κ2) is 6.16. The van der Waals surface area contributed by atoms with Crippen molar-refractivity contribution in [2.75, 3.05) is 5.32 Å². The van der Waals surface area contributed by atoms with E-state index in [0.717, 1.165) is 10.4 Å². The molecule has 5 heteroatoms. The lowest BCUT2D eigenvalue weighted by Gasteiger charge is -2.00. The van der Waals surface area contributed by atoms with Crippen LogP contribution in [0.25, 0.3) is 6.08 Å². The highest BCUT2D eigenvalue weighted by Gasteiger charge is 2.13. The number of hydrogen-bond acceptors (Lipinski definition) is 3. The molecular formula is C15H14N2O2S. The Kier molecular flexibility index (Phi) is 4.32. The first-order valence-corrected chi connectivity index (χ1v) is 6.82. The molecule has 1 heterocycles. The molecule has 2 aromatic rings. The van der Waals surface area contributed by atoms with E-state index in [4.69, 9.17) is 5.73 Å². The van der Waals surface area contributed by atoms with Crippen LogP contribution >= 0.6 is 11.3 Å². The molecule has 0 atom stereocenters. The van der Waals surface area contributed by atoms with Gasteiger partial charge in [0.25, 0.3) is 5.91 Å². The van der Waals surface area contributed by atoms with E-state index in [9.17, 15) is 9.59 Å². The average Bonchev–Trinajstić information content (AvgIpc) is 2.79. The summed E-state index contributed by atoms with van der Waals surface area (Å²) in [4.78, 5) is 24.0. The predicted octanol–water partition coefficient (Wildman–Crippen LogP) is 2.81. The number of thiophene rings is 1. The Bertz CT molecular complexity index is 660. The van der Waals surface area contributed by atoms with Gasteiger partial charge in [0.15, 0.2) is 0 Å². The van der Waals surface area contributed by atoms with Crippen LogP contribution in [0.1, 0.15) is 20.8 Å². The molecule has 0 saturated heterocycles. The van der Waals surface area contributed by atoms with E-state index in [1.165, 1.54) is 17.4 Å². The molecule has 0 fully saturated rings. The molecule has 0 spiro atoms. The number of nitrogens with one attached hydrogen (secondary N) is 1. The van der Waals surface area contributed by atoms with Gasteiger partial charge in [-0.2, -0.15) is 0 Å². The summed E-state index contributed by atoms with van der Waals surface area (Å²) in [7, 11) is 0. The summed E-state index contributed by atoms with van der Waals surface area (Å²) in [6, 6.07) is 11.2. The third-order valence-electron chi connectivity index (χ3n) is 2.58. The molecule has 0 aliphatic rings. The lowest BCUT2D eigenvalue weighted by atomic mass is 10.2. The summed E-state index contributed by atoms with van der Waals surface area (Å²) in [5.41, 5.74) is 6.54. The molecule has 4 nitrogen and oxygen atoms in total. The van der Waals surface area contributed by atoms with Gasteiger partial charge in [-0.3, -0.25) is 9.59 Å². The maximum absolute atomic E-state index is 11.8. The summed E-state index contributed by atoms with van der Waals surface area (Å²) in [5, 5.41) is 3.16. The molecule has 20 heavy (non-hydrogen) atoms. The summed E-state index contributed by atoms with van der Waals surface area (Å²) >= 11 is 1.33. The Morgan fingerprint density at radius 1 is 1.25 bits per heavy atom. The predicted molar refractivity (Wildman–Crippen MR) is 81.7 cm³/mol. The van der Waals surface area contributed by atoms with Crippen LogP contribution in [0.15, 0.2) is 42.5 Å². The minimum atomic E-state index is -0.545. The van der Waals surface area contributed by atoms with Crippen LogP contribution < -0.4 is 11.1 Å². The van der Waals surface area contributed by atoms with E-state index in [0.29, 0.717) is 10.6 Å². The first-order chi connectivity index (χ1) is 9.56. The number of hydrogen-bond donors (Lipinski definition) is 2. The third kappa shape index (κ3) is 3.55. The topological polar surface area (TPSA) is 72.2 Å². The van der Waals surface area contributed by atoms with Gasteiger partial charge < -0.3 is 11.1 Å². The Morgan fingerprint density at radius 2 is 1.95 bits per heavy atom.